The van der Waals surface area contributed by atoms with Crippen molar-refractivity contribution in [1.82, 2.24) is 9.21 Å². The first-order chi connectivity index (χ1) is 14.1. The van der Waals surface area contributed by atoms with Crippen LogP contribution in [0.15, 0.2) is 59.5 Å². The van der Waals surface area contributed by atoms with Gasteiger partial charge in [0.1, 0.15) is 5.84 Å². The van der Waals surface area contributed by atoms with Crippen LogP contribution >= 0.6 is 0 Å². The zero-order valence-electron chi connectivity index (χ0n) is 16.5. The Balaban J connectivity index is 0.000000735. The normalized spacial score (nSPS) is 14.4. The molecule has 10 heteroatoms. The van der Waals surface area contributed by atoms with Gasteiger partial charge in [-0.2, -0.15) is 4.31 Å². The van der Waals surface area contributed by atoms with Crippen LogP contribution in [0.3, 0.4) is 0 Å². The fourth-order valence-electron chi connectivity index (χ4n) is 2.85. The van der Waals surface area contributed by atoms with E-state index in [0.717, 1.165) is 6.92 Å². The molecule has 0 spiro atoms. The summed E-state index contributed by atoms with van der Waals surface area (Å²) in [6.45, 7) is 2.27. The molecule has 3 rings (SSSR count). The number of piperazine rings is 1. The number of nitrogens with zero attached hydrogens (tertiary/aromatic N) is 2. The van der Waals surface area contributed by atoms with E-state index in [2.05, 4.69) is 0 Å². The number of rotatable bonds is 4. The quantitative estimate of drug-likeness (QED) is 0.489. The molecule has 1 aliphatic heterocycles. The third-order valence-corrected chi connectivity index (χ3v) is 6.26. The zero-order chi connectivity index (χ0) is 22.3. The average molecular weight is 433 g/mol. The third kappa shape index (κ3) is 5.88. The van der Waals surface area contributed by atoms with Crippen LogP contribution in [0.5, 0.6) is 0 Å². The Kier molecular flexibility index (Phi) is 7.67. The van der Waals surface area contributed by atoms with Crippen LogP contribution in [-0.2, 0) is 14.8 Å². The van der Waals surface area contributed by atoms with Crippen molar-refractivity contribution < 1.29 is 23.1 Å². The van der Waals surface area contributed by atoms with E-state index in [-0.39, 0.29) is 29.7 Å². The minimum atomic E-state index is -3.53. The number of amidine groups is 1. The topological polar surface area (TPSA) is 145 Å². The van der Waals surface area contributed by atoms with Crippen LogP contribution in [-0.4, -0.2) is 66.6 Å². The van der Waals surface area contributed by atoms with Gasteiger partial charge >= 0.3 is 0 Å². The molecule has 0 aromatic heterocycles. The molecule has 9 nitrogen and oxygen atoms in total. The highest BCUT2D eigenvalue weighted by Crippen LogP contribution is 2.18. The number of amides is 1. The summed E-state index contributed by atoms with van der Waals surface area (Å²) >= 11 is 0. The molecule has 30 heavy (non-hydrogen) atoms. The first-order valence-corrected chi connectivity index (χ1v) is 10.6. The summed E-state index contributed by atoms with van der Waals surface area (Å²) in [4.78, 5) is 23.5. The fraction of sp³-hybridized carbons (Fsp3) is 0.250. The van der Waals surface area contributed by atoms with E-state index >= 15 is 0 Å². The van der Waals surface area contributed by atoms with E-state index in [0.29, 0.717) is 24.2 Å². The smallest absolute Gasteiger partial charge is 0.300 e. The molecule has 1 amide bonds. The number of carbonyl (C=O) groups excluding carboxylic acids is 1. The standard InChI is InChI=1S/C18H20N4O3S.C2H4O2/c19-17(20)14-6-8-15(9-7-14)18(23)21-10-12-22(13-11-21)26(24,25)16-4-2-1-3-5-16;1-2(3)4/h1-9H,10-13H2,(H3,19,20);1H3,(H,3,4). The van der Waals surface area contributed by atoms with Gasteiger partial charge in [0.15, 0.2) is 0 Å². The Hall–Kier alpha value is -3.24. The summed E-state index contributed by atoms with van der Waals surface area (Å²) in [7, 11) is -3.53. The molecule has 0 atom stereocenters. The van der Waals surface area contributed by atoms with Crippen molar-refractivity contribution in [3.8, 4) is 0 Å². The number of sulfonamides is 1. The summed E-state index contributed by atoms with van der Waals surface area (Å²) in [6, 6.07) is 14.8. The van der Waals surface area contributed by atoms with Crippen LogP contribution < -0.4 is 5.73 Å². The number of nitrogen functional groups attached to an aromatic ring is 1. The molecule has 2 aromatic carbocycles. The number of carboxylic acids is 1. The van der Waals surface area contributed by atoms with Gasteiger partial charge in [0.2, 0.25) is 10.0 Å². The second-order valence-corrected chi connectivity index (χ2v) is 8.46. The lowest BCUT2D eigenvalue weighted by Crippen LogP contribution is -2.50. The molecule has 1 saturated heterocycles. The van der Waals surface area contributed by atoms with Crippen LogP contribution in [0.25, 0.3) is 0 Å². The summed E-state index contributed by atoms with van der Waals surface area (Å²) in [5, 5.41) is 14.8. The van der Waals surface area contributed by atoms with Gasteiger partial charge in [0.05, 0.1) is 4.90 Å². The van der Waals surface area contributed by atoms with E-state index in [1.54, 1.807) is 59.5 Å². The molecule has 0 aliphatic carbocycles. The number of carbonyl (C=O) groups is 2. The number of nitrogens with two attached hydrogens (primary N) is 1. The van der Waals surface area contributed by atoms with Crippen LogP contribution in [0.2, 0.25) is 0 Å². The van der Waals surface area contributed by atoms with E-state index in [1.807, 2.05) is 0 Å². The summed E-state index contributed by atoms with van der Waals surface area (Å²) in [5.74, 6) is -1.04. The number of carboxylic acid groups (broad SMARTS) is 1. The van der Waals surface area contributed by atoms with Crippen LogP contribution in [0.4, 0.5) is 0 Å². The average Bonchev–Trinajstić information content (AvgIpc) is 2.73. The second-order valence-electron chi connectivity index (χ2n) is 6.52. The maximum atomic E-state index is 12.6. The van der Waals surface area contributed by atoms with Gasteiger partial charge in [-0.25, -0.2) is 8.42 Å². The first-order valence-electron chi connectivity index (χ1n) is 9.11. The molecule has 1 fully saturated rings. The molecule has 160 valence electrons. The zero-order valence-corrected chi connectivity index (χ0v) is 17.3. The Morgan fingerprint density at radius 2 is 1.40 bits per heavy atom. The van der Waals surface area contributed by atoms with Crippen molar-refractivity contribution in [2.75, 3.05) is 26.2 Å². The SMILES string of the molecule is CC(=O)O.N=C(N)c1ccc(C(=O)N2CCN(S(=O)(=O)c3ccccc3)CC2)cc1. The lowest BCUT2D eigenvalue weighted by Gasteiger charge is -2.34. The fourth-order valence-corrected chi connectivity index (χ4v) is 4.29. The highest BCUT2D eigenvalue weighted by atomic mass is 32.2. The van der Waals surface area contributed by atoms with Crippen molar-refractivity contribution >= 4 is 27.7 Å². The van der Waals surface area contributed by atoms with Crippen molar-refractivity contribution in [2.24, 2.45) is 5.73 Å². The Morgan fingerprint density at radius 3 is 1.87 bits per heavy atom. The Bertz CT molecular complexity index is 995. The van der Waals surface area contributed by atoms with Crippen LogP contribution in [0, 0.1) is 5.41 Å². The number of aliphatic carboxylic acids is 1. The molecule has 2 aromatic rings. The highest BCUT2D eigenvalue weighted by molar-refractivity contribution is 7.89. The maximum absolute atomic E-state index is 12.6. The molecule has 0 bridgehead atoms. The Morgan fingerprint density at radius 1 is 0.933 bits per heavy atom. The lowest BCUT2D eigenvalue weighted by atomic mass is 10.1. The maximum Gasteiger partial charge on any atom is 0.300 e. The summed E-state index contributed by atoms with van der Waals surface area (Å²) in [5.41, 5.74) is 6.46. The number of benzene rings is 2. The van der Waals surface area contributed by atoms with E-state index in [4.69, 9.17) is 21.0 Å². The molecule has 0 unspecified atom stereocenters. The van der Waals surface area contributed by atoms with E-state index < -0.39 is 16.0 Å². The van der Waals surface area contributed by atoms with Crippen molar-refractivity contribution in [1.29, 1.82) is 5.41 Å². The van der Waals surface area contributed by atoms with Crippen molar-refractivity contribution in [3.05, 3.63) is 65.7 Å². The van der Waals surface area contributed by atoms with Gasteiger partial charge < -0.3 is 15.7 Å². The summed E-state index contributed by atoms with van der Waals surface area (Å²) in [6.07, 6.45) is 0. The minimum absolute atomic E-state index is 0.0521. The molecule has 0 saturated carbocycles. The van der Waals surface area contributed by atoms with E-state index in [9.17, 15) is 13.2 Å². The number of hydrogen-bond donors (Lipinski definition) is 3. The van der Waals surface area contributed by atoms with Gasteiger partial charge in [0.25, 0.3) is 11.9 Å². The monoisotopic (exact) mass is 432 g/mol. The molecule has 1 heterocycles. The van der Waals surface area contributed by atoms with Gasteiger partial charge in [0, 0.05) is 44.2 Å². The van der Waals surface area contributed by atoms with Crippen molar-refractivity contribution in [3.63, 3.8) is 0 Å². The van der Waals surface area contributed by atoms with Gasteiger partial charge in [-0.3, -0.25) is 15.0 Å². The molecule has 4 N–H and O–H groups in total. The van der Waals surface area contributed by atoms with Gasteiger partial charge in [-0.1, -0.05) is 30.3 Å². The molecular formula is C20H24N4O5S. The predicted octanol–water partition coefficient (Wildman–Crippen LogP) is 1.21. The number of hydrogen-bond acceptors (Lipinski definition) is 5. The number of nitrogens with one attached hydrogen (secondary N) is 1. The molecule has 1 aliphatic rings. The van der Waals surface area contributed by atoms with E-state index in [1.165, 1.54) is 4.31 Å². The second kappa shape index (κ2) is 9.99. The lowest BCUT2D eigenvalue weighted by molar-refractivity contribution is -0.134. The third-order valence-electron chi connectivity index (χ3n) is 4.35. The van der Waals surface area contributed by atoms with Gasteiger partial charge in [-0.05, 0) is 24.3 Å². The molecule has 0 radical (unpaired) electrons. The largest absolute Gasteiger partial charge is 0.481 e. The molecular weight excluding hydrogens is 408 g/mol. The van der Waals surface area contributed by atoms with Crippen LogP contribution in [0.1, 0.15) is 22.8 Å². The highest BCUT2D eigenvalue weighted by Gasteiger charge is 2.30. The minimum Gasteiger partial charge on any atom is -0.481 e. The summed E-state index contributed by atoms with van der Waals surface area (Å²) < 4.78 is 26.7. The van der Waals surface area contributed by atoms with Crippen molar-refractivity contribution in [2.45, 2.75) is 11.8 Å². The Labute approximate surface area is 175 Å². The van der Waals surface area contributed by atoms with Gasteiger partial charge in [-0.15, -0.1) is 0 Å². The first kappa shape index (κ1) is 23.0. The predicted molar refractivity (Wildman–Crippen MR) is 112 cm³/mol.